The highest BCUT2D eigenvalue weighted by Gasteiger charge is 2.14. The molecule has 0 heterocycles. The molecule has 2 N–H and O–H groups in total. The van der Waals surface area contributed by atoms with Crippen LogP contribution in [0.5, 0.6) is 0 Å². The van der Waals surface area contributed by atoms with Crippen molar-refractivity contribution in [2.45, 2.75) is 0 Å². The quantitative estimate of drug-likeness (QED) is 0.673. The van der Waals surface area contributed by atoms with Crippen molar-refractivity contribution in [2.75, 3.05) is 45.3 Å². The number of anilines is 2. The molecule has 1 amide bonds. The Hall–Kier alpha value is -2.08. The molecular weight excluding hydrogens is 338 g/mol. The second-order valence-electron chi connectivity index (χ2n) is 5.41. The smallest absolute Gasteiger partial charge is 0.253 e. The largest absolute Gasteiger partial charge is 0.383 e. The number of carbonyl (C=O) groups excluding carboxylic acids is 1. The zero-order valence-corrected chi connectivity index (χ0v) is 15.5. The van der Waals surface area contributed by atoms with E-state index in [2.05, 4.69) is 10.6 Å². The van der Waals surface area contributed by atoms with Crippen LogP contribution in [0.3, 0.4) is 0 Å². The first-order valence-corrected chi connectivity index (χ1v) is 8.09. The fourth-order valence-electron chi connectivity index (χ4n) is 2.41. The molecular formula is C19H26ClN3O2. The number of benzene rings is 2. The van der Waals surface area contributed by atoms with Crippen LogP contribution in [-0.2, 0) is 4.74 Å². The first-order valence-electron chi connectivity index (χ1n) is 8.09. The van der Waals surface area contributed by atoms with E-state index in [1.54, 1.807) is 7.11 Å². The van der Waals surface area contributed by atoms with Crippen LogP contribution >= 0.6 is 12.4 Å². The molecule has 0 atom stereocenters. The molecule has 5 nitrogen and oxygen atoms in total. The van der Waals surface area contributed by atoms with Crippen molar-refractivity contribution >= 4 is 29.7 Å². The number of hydrogen-bond donors (Lipinski definition) is 2. The molecule has 25 heavy (non-hydrogen) atoms. The van der Waals surface area contributed by atoms with E-state index in [0.29, 0.717) is 25.3 Å². The van der Waals surface area contributed by atoms with Crippen molar-refractivity contribution < 1.29 is 9.53 Å². The van der Waals surface area contributed by atoms with Gasteiger partial charge in [0.15, 0.2) is 0 Å². The van der Waals surface area contributed by atoms with E-state index in [0.717, 1.165) is 17.9 Å². The van der Waals surface area contributed by atoms with E-state index in [1.165, 1.54) is 0 Å². The number of ether oxygens (including phenoxy) is 1. The Morgan fingerprint density at radius 3 is 2.40 bits per heavy atom. The van der Waals surface area contributed by atoms with E-state index < -0.39 is 0 Å². The lowest BCUT2D eigenvalue weighted by molar-refractivity contribution is 0.0954. The summed E-state index contributed by atoms with van der Waals surface area (Å²) in [5.74, 6) is -0.0677. The average molecular weight is 364 g/mol. The van der Waals surface area contributed by atoms with Crippen LogP contribution in [0.2, 0.25) is 0 Å². The summed E-state index contributed by atoms with van der Waals surface area (Å²) in [5.41, 5.74) is 2.59. The van der Waals surface area contributed by atoms with Crippen LogP contribution in [0.25, 0.3) is 0 Å². The summed E-state index contributed by atoms with van der Waals surface area (Å²) in [6.07, 6.45) is 0. The molecule has 2 aromatic carbocycles. The second-order valence-corrected chi connectivity index (χ2v) is 5.41. The topological polar surface area (TPSA) is 53.6 Å². The molecule has 0 fully saturated rings. The fraction of sp³-hybridized carbons (Fsp3) is 0.316. The van der Waals surface area contributed by atoms with E-state index in [-0.39, 0.29) is 18.3 Å². The Labute approximate surface area is 155 Å². The zero-order chi connectivity index (χ0) is 17.2. The van der Waals surface area contributed by atoms with Crippen LogP contribution in [0.1, 0.15) is 10.4 Å². The third kappa shape index (κ3) is 6.38. The maximum atomic E-state index is 12.5. The van der Waals surface area contributed by atoms with Gasteiger partial charge in [-0.2, -0.15) is 0 Å². The summed E-state index contributed by atoms with van der Waals surface area (Å²) < 4.78 is 4.97. The molecule has 0 aliphatic heterocycles. The van der Waals surface area contributed by atoms with Crippen LogP contribution in [0, 0.1) is 0 Å². The Bertz CT molecular complexity index is 638. The molecule has 0 aliphatic carbocycles. The molecule has 0 bridgehead atoms. The lowest BCUT2D eigenvalue weighted by atomic mass is 10.1. The summed E-state index contributed by atoms with van der Waals surface area (Å²) >= 11 is 0. The SMILES string of the molecule is COCCNCCNC(=O)c1ccccc1N(C)c1ccccc1.Cl. The summed E-state index contributed by atoms with van der Waals surface area (Å²) in [4.78, 5) is 14.5. The van der Waals surface area contributed by atoms with Gasteiger partial charge in [-0.3, -0.25) is 4.79 Å². The number of nitrogens with zero attached hydrogens (tertiary/aromatic N) is 1. The Kier molecular flexibility index (Phi) is 9.62. The monoisotopic (exact) mass is 363 g/mol. The lowest BCUT2D eigenvalue weighted by Crippen LogP contribution is -2.33. The first-order chi connectivity index (χ1) is 11.7. The lowest BCUT2D eigenvalue weighted by Gasteiger charge is -2.22. The molecule has 0 radical (unpaired) electrons. The highest BCUT2D eigenvalue weighted by atomic mass is 35.5. The van der Waals surface area contributed by atoms with Crippen molar-refractivity contribution in [1.82, 2.24) is 10.6 Å². The number of methoxy groups -OCH3 is 1. The molecule has 136 valence electrons. The van der Waals surface area contributed by atoms with Gasteiger partial charge in [0.1, 0.15) is 0 Å². The van der Waals surface area contributed by atoms with Crippen LogP contribution in [-0.4, -0.2) is 46.3 Å². The minimum Gasteiger partial charge on any atom is -0.383 e. The van der Waals surface area contributed by atoms with Crippen molar-refractivity contribution in [2.24, 2.45) is 0 Å². The van der Waals surface area contributed by atoms with Crippen LogP contribution < -0.4 is 15.5 Å². The van der Waals surface area contributed by atoms with E-state index in [4.69, 9.17) is 4.74 Å². The summed E-state index contributed by atoms with van der Waals surface area (Å²) in [6, 6.07) is 17.6. The molecule has 0 saturated heterocycles. The number of rotatable bonds is 9. The number of amides is 1. The van der Waals surface area contributed by atoms with Gasteiger partial charge in [0.05, 0.1) is 17.9 Å². The molecule has 0 spiro atoms. The second kappa shape index (κ2) is 11.5. The standard InChI is InChI=1S/C19H25N3O2.ClH/c1-22(16-8-4-3-5-9-16)18-11-7-6-10-17(18)19(23)21-13-12-20-14-15-24-2;/h3-11,20H,12-15H2,1-2H3,(H,21,23);1H. The van der Waals surface area contributed by atoms with Crippen molar-refractivity contribution in [3.63, 3.8) is 0 Å². The normalized spacial score (nSPS) is 10.0. The van der Waals surface area contributed by atoms with Gasteiger partial charge in [-0.15, -0.1) is 12.4 Å². The highest BCUT2D eigenvalue weighted by molar-refractivity contribution is 6.00. The average Bonchev–Trinajstić information content (AvgIpc) is 2.64. The van der Waals surface area contributed by atoms with E-state index >= 15 is 0 Å². The number of hydrogen-bond acceptors (Lipinski definition) is 4. The first kappa shape index (κ1) is 21.0. The Morgan fingerprint density at radius 1 is 1.00 bits per heavy atom. The molecule has 0 saturated carbocycles. The maximum Gasteiger partial charge on any atom is 0.253 e. The van der Waals surface area contributed by atoms with Crippen molar-refractivity contribution in [3.05, 3.63) is 60.2 Å². The van der Waals surface area contributed by atoms with Crippen LogP contribution in [0.15, 0.2) is 54.6 Å². The van der Waals surface area contributed by atoms with E-state index in [9.17, 15) is 4.79 Å². The van der Waals surface area contributed by atoms with Gasteiger partial charge in [-0.05, 0) is 24.3 Å². The number of halogens is 1. The third-order valence-corrected chi connectivity index (χ3v) is 3.72. The van der Waals surface area contributed by atoms with Crippen LogP contribution in [0.4, 0.5) is 11.4 Å². The zero-order valence-electron chi connectivity index (χ0n) is 14.7. The predicted molar refractivity (Wildman–Crippen MR) is 105 cm³/mol. The number of carbonyl (C=O) groups is 1. The molecule has 0 unspecified atom stereocenters. The number of nitrogens with one attached hydrogen (secondary N) is 2. The van der Waals surface area contributed by atoms with Crippen molar-refractivity contribution in [3.8, 4) is 0 Å². The highest BCUT2D eigenvalue weighted by Crippen LogP contribution is 2.26. The van der Waals surface area contributed by atoms with Gasteiger partial charge >= 0.3 is 0 Å². The Balaban J connectivity index is 0.00000312. The molecule has 0 aromatic heterocycles. The van der Waals surface area contributed by atoms with E-state index in [1.807, 2.05) is 66.5 Å². The molecule has 2 aromatic rings. The van der Waals surface area contributed by atoms with Gasteiger partial charge in [0.2, 0.25) is 0 Å². The minimum atomic E-state index is -0.0677. The maximum absolute atomic E-state index is 12.5. The van der Waals surface area contributed by atoms with Gasteiger partial charge < -0.3 is 20.3 Å². The summed E-state index contributed by atoms with van der Waals surface area (Å²) in [5, 5.41) is 6.16. The van der Waals surface area contributed by atoms with Gasteiger partial charge in [0, 0.05) is 39.5 Å². The summed E-state index contributed by atoms with van der Waals surface area (Å²) in [7, 11) is 3.64. The molecule has 6 heteroatoms. The van der Waals surface area contributed by atoms with Crippen molar-refractivity contribution in [1.29, 1.82) is 0 Å². The molecule has 2 rings (SSSR count). The van der Waals surface area contributed by atoms with Gasteiger partial charge in [-0.1, -0.05) is 30.3 Å². The minimum absolute atomic E-state index is 0. The summed E-state index contributed by atoms with van der Waals surface area (Å²) in [6.45, 7) is 2.73. The van der Waals surface area contributed by atoms with Gasteiger partial charge in [0.25, 0.3) is 5.91 Å². The fourth-order valence-corrected chi connectivity index (χ4v) is 2.41. The van der Waals surface area contributed by atoms with Gasteiger partial charge in [-0.25, -0.2) is 0 Å². The predicted octanol–water partition coefficient (Wildman–Crippen LogP) is 2.84. The molecule has 0 aliphatic rings. The number of para-hydroxylation sites is 2. The Morgan fingerprint density at radius 2 is 1.68 bits per heavy atom. The third-order valence-electron chi connectivity index (χ3n) is 3.72.